The van der Waals surface area contributed by atoms with Gasteiger partial charge in [-0.2, -0.15) is 0 Å². The van der Waals surface area contributed by atoms with Crippen LogP contribution in [0.25, 0.3) is 0 Å². The molecule has 2 aliphatic rings. The number of aliphatic hydroxyl groups is 1. The molecule has 228 valence electrons. The predicted octanol–water partition coefficient (Wildman–Crippen LogP) is -2.88. The molecule has 0 bridgehead atoms. The number of nitrogens with one attached hydrogen (secondary N) is 1. The summed E-state index contributed by atoms with van der Waals surface area (Å²) in [6, 6.07) is 4.45. The Hall–Kier alpha value is 2.04. The number of allylic oxidation sites excluding steroid dienone is 1. The van der Waals surface area contributed by atoms with Gasteiger partial charge in [0.15, 0.2) is 0 Å². The zero-order valence-corrected chi connectivity index (χ0v) is 36.1. The van der Waals surface area contributed by atoms with Gasteiger partial charge in [-0.1, -0.05) is 0 Å². The Balaban J connectivity index is 1.50. The van der Waals surface area contributed by atoms with Gasteiger partial charge in [0.1, 0.15) is 0 Å². The molecule has 6 nitrogen and oxygen atoms in total. The van der Waals surface area contributed by atoms with E-state index in [1.54, 1.807) is 0 Å². The van der Waals surface area contributed by atoms with Crippen LogP contribution in [0, 0.1) is 0 Å². The van der Waals surface area contributed by atoms with Crippen LogP contribution in [0.1, 0.15) is 57.2 Å². The van der Waals surface area contributed by atoms with Crippen molar-refractivity contribution in [1.29, 1.82) is 0 Å². The Bertz CT molecular complexity index is 1050. The summed E-state index contributed by atoms with van der Waals surface area (Å²) < 4.78 is 8.24. The normalized spacial score (nSPS) is 18.3. The van der Waals surface area contributed by atoms with Crippen LogP contribution in [-0.4, -0.2) is 66.1 Å². The van der Waals surface area contributed by atoms with Crippen LogP contribution >= 0.6 is 52.4 Å². The summed E-state index contributed by atoms with van der Waals surface area (Å²) in [7, 11) is 0. The summed E-state index contributed by atoms with van der Waals surface area (Å²) in [4.78, 5) is 26.5. The number of anilines is 1. The minimum absolute atomic E-state index is 0.00424. The van der Waals surface area contributed by atoms with Gasteiger partial charge in [0, 0.05) is 0 Å². The average molecular weight is 1220 g/mol. The molecule has 3 N–H and O–H groups in total. The summed E-state index contributed by atoms with van der Waals surface area (Å²) in [5.74, 6) is 0.507. The second-order valence-corrected chi connectivity index (χ2v) is 52.4. The molecule has 0 aliphatic carbocycles. The third-order valence-electron chi connectivity index (χ3n) is 6.28. The topological polar surface area (TPSA) is 94.8 Å². The molecular weight excluding hydrogens is 1180 g/mol. The number of alkyl halides is 6. The van der Waals surface area contributed by atoms with E-state index in [0.29, 0.717) is 0 Å². The van der Waals surface area contributed by atoms with Crippen molar-refractivity contribution in [3.05, 3.63) is 33.2 Å². The molecule has 0 spiro atoms. The summed E-state index contributed by atoms with van der Waals surface area (Å²) >= 11 is -2.70. The third-order valence-corrected chi connectivity index (χ3v) is 47.2. The Labute approximate surface area is 282 Å². The van der Waals surface area contributed by atoms with E-state index in [1.807, 2.05) is 6.92 Å². The van der Waals surface area contributed by atoms with Crippen LogP contribution in [0.4, 0.5) is 5.82 Å². The fourth-order valence-corrected chi connectivity index (χ4v) is 40.4. The number of unbranched alkanes of at least 4 members (excludes halogenated alkanes) is 1. The Kier molecular flexibility index (Phi) is 17.1. The SMILES string of the molecule is CCC(C)(O)CI(CCCCc1ccc2c(n1)NCCC2)[I-]CC[C@H]([I-]C1=IC=NC(I(C)[I-]C)=C1)C(=O)O. The number of hydrogen-bond acceptors (Lipinski definition) is 5. The van der Waals surface area contributed by atoms with Crippen LogP contribution in [0.15, 0.2) is 26.9 Å². The van der Waals surface area contributed by atoms with Crippen LogP contribution in [0.2, 0.25) is 0 Å². The molecule has 0 saturated heterocycles. The summed E-state index contributed by atoms with van der Waals surface area (Å²) in [6.45, 7) is 5.12. The second-order valence-electron chi connectivity index (χ2n) is 9.49. The first kappa shape index (κ1) is 35.5. The molecule has 0 aromatic carbocycles. The number of carbonyl (C=O) groups is 1. The molecule has 1 aromatic rings. The first-order valence-corrected chi connectivity index (χ1v) is 40.3. The van der Waals surface area contributed by atoms with Crippen LogP contribution in [-0.2, 0) is 17.6 Å². The number of pyridine rings is 1. The van der Waals surface area contributed by atoms with E-state index in [4.69, 9.17) is 9.98 Å². The molecule has 0 amide bonds. The zero-order chi connectivity index (χ0) is 28.3. The van der Waals surface area contributed by atoms with Gasteiger partial charge < -0.3 is 0 Å². The first-order valence-electron chi connectivity index (χ1n) is 13.1. The quantitative estimate of drug-likeness (QED) is 0.0676. The molecule has 1 aromatic heterocycles. The Morgan fingerprint density at radius 2 is 2.15 bits per heavy atom. The molecule has 39 heavy (non-hydrogen) atoms. The first-order chi connectivity index (χ1) is 18.7. The van der Waals surface area contributed by atoms with Crippen LogP contribution < -0.4 is 61.0 Å². The number of hydrogen-bond donors (Lipinski definition) is 3. The average Bonchev–Trinajstić information content (AvgIpc) is 2.94. The molecule has 2 aliphatic heterocycles. The van der Waals surface area contributed by atoms with Crippen molar-refractivity contribution < 1.29 is 70.7 Å². The maximum atomic E-state index is 12.2. The van der Waals surface area contributed by atoms with E-state index < -0.39 is 64.5 Å². The summed E-state index contributed by atoms with van der Waals surface area (Å²) in [5.41, 5.74) is 1.98. The molecule has 2 atom stereocenters. The number of aliphatic carboxylic acids is 1. The van der Waals surface area contributed by atoms with Gasteiger partial charge in [0.05, 0.1) is 0 Å². The number of aromatic nitrogens is 1. The van der Waals surface area contributed by atoms with Gasteiger partial charge in [0.2, 0.25) is 0 Å². The Morgan fingerprint density at radius 3 is 2.90 bits per heavy atom. The van der Waals surface area contributed by atoms with Crippen LogP contribution in [0.5, 0.6) is 0 Å². The molecular formula is C27H42I6N3O3-3. The van der Waals surface area contributed by atoms with Crippen molar-refractivity contribution in [3.63, 3.8) is 0 Å². The number of carboxylic acids is 1. The zero-order valence-electron chi connectivity index (χ0n) is 23.1. The van der Waals surface area contributed by atoms with E-state index in [-0.39, 0.29) is 59.1 Å². The number of rotatable bonds is 17. The van der Waals surface area contributed by atoms with Crippen LogP contribution in [0.3, 0.4) is 0 Å². The van der Waals surface area contributed by atoms with Gasteiger partial charge in [-0.3, -0.25) is 0 Å². The van der Waals surface area contributed by atoms with Gasteiger partial charge >= 0.3 is 287 Å². The predicted molar refractivity (Wildman–Crippen MR) is 181 cm³/mol. The number of carboxylic acid groups (broad SMARTS) is 1. The molecule has 0 fully saturated rings. The summed E-state index contributed by atoms with van der Waals surface area (Å²) in [5, 5.41) is 24.4. The molecule has 12 heteroatoms. The van der Waals surface area contributed by atoms with E-state index >= 15 is 0 Å². The minimum atomic E-state index is -1.27. The third kappa shape index (κ3) is 12.9. The van der Waals surface area contributed by atoms with Gasteiger partial charge in [-0.25, -0.2) is 0 Å². The van der Waals surface area contributed by atoms with E-state index in [9.17, 15) is 15.0 Å². The van der Waals surface area contributed by atoms with Gasteiger partial charge in [-0.05, 0) is 0 Å². The van der Waals surface area contributed by atoms with Gasteiger partial charge in [-0.15, -0.1) is 0 Å². The standard InChI is InChI=1S/C27H42I6N3O3/c1-5-27(2,39)18-33(15-7-6-10-21-12-11-20-9-8-16-34-25(20)36-21)30-14-13-22(26(37)38)31-23-17-24(32(4)28-3)35-19-29-23/h11-12,17,19,22,39H,5-10,13-16,18H2,1-4H3,(H,34,36)(H,37,38)/q-3/t22-,27?/m0/s1. The Morgan fingerprint density at radius 1 is 1.33 bits per heavy atom. The van der Waals surface area contributed by atoms with E-state index in [2.05, 4.69) is 44.5 Å². The fraction of sp³-hybridized carbons (Fsp3) is 0.630. The van der Waals surface area contributed by atoms with Crippen molar-refractivity contribution >= 4 is 69.9 Å². The van der Waals surface area contributed by atoms with Crippen molar-refractivity contribution in [3.8, 4) is 0 Å². The number of aliphatic imine (C=N–C) groups is 1. The van der Waals surface area contributed by atoms with Gasteiger partial charge in [0.25, 0.3) is 0 Å². The van der Waals surface area contributed by atoms with Crippen molar-refractivity contribution in [2.75, 3.05) is 35.0 Å². The maximum absolute atomic E-state index is 12.2. The molecule has 0 radical (unpaired) electrons. The van der Waals surface area contributed by atoms with Crippen molar-refractivity contribution in [2.45, 2.75) is 68.3 Å². The summed E-state index contributed by atoms with van der Waals surface area (Å²) in [6.07, 6.45) is 9.72. The number of fused-ring (bicyclic) bond motifs is 1. The number of aryl methyl sites for hydroxylation is 2. The van der Waals surface area contributed by atoms with Crippen molar-refractivity contribution in [1.82, 2.24) is 4.98 Å². The van der Waals surface area contributed by atoms with E-state index in [1.165, 1.54) is 33.7 Å². The fourth-order valence-electron chi connectivity index (χ4n) is 3.75. The second kappa shape index (κ2) is 18.8. The van der Waals surface area contributed by atoms with Crippen molar-refractivity contribution in [2.24, 2.45) is 4.99 Å². The van der Waals surface area contributed by atoms with E-state index in [0.717, 1.165) is 53.3 Å². The molecule has 0 saturated carbocycles. The molecule has 1 unspecified atom stereocenters. The number of nitrogens with zero attached hydrogens (tertiary/aromatic N) is 2. The molecule has 3 rings (SSSR count). The molecule has 3 heterocycles. The monoisotopic (exact) mass is 1220 g/mol. The number of halogens is 6.